The van der Waals surface area contributed by atoms with Gasteiger partial charge in [0.2, 0.25) is 0 Å². The number of nitrogens with zero attached hydrogens (tertiary/aromatic N) is 1. The lowest BCUT2D eigenvalue weighted by molar-refractivity contribution is 0.285. The van der Waals surface area contributed by atoms with E-state index in [-0.39, 0.29) is 11.5 Å². The van der Waals surface area contributed by atoms with Crippen molar-refractivity contribution in [1.82, 2.24) is 0 Å². The molecule has 5 nitrogen and oxygen atoms in total. The number of aliphatic hydroxyl groups excluding tert-OH is 1. The summed E-state index contributed by atoms with van der Waals surface area (Å²) >= 11 is 1.28. The summed E-state index contributed by atoms with van der Waals surface area (Å²) in [6.07, 6.45) is 0. The Bertz CT molecular complexity index is 719. The van der Waals surface area contributed by atoms with E-state index in [0.29, 0.717) is 15.4 Å². The summed E-state index contributed by atoms with van der Waals surface area (Å²) in [5.41, 5.74) is 1.50. The maximum Gasteiger partial charge on any atom is 0.263 e. The predicted molar refractivity (Wildman–Crippen MR) is 86.6 cm³/mol. The topological polar surface area (TPSA) is 69.6 Å². The summed E-state index contributed by atoms with van der Waals surface area (Å²) in [4.78, 5) is 3.45. The van der Waals surface area contributed by atoms with Crippen LogP contribution in [-0.4, -0.2) is 27.6 Å². The molecule has 0 aliphatic heterocycles. The zero-order chi connectivity index (χ0) is 15.6. The van der Waals surface area contributed by atoms with Crippen LogP contribution >= 0.6 is 11.3 Å². The van der Waals surface area contributed by atoms with Crippen LogP contribution in [0.4, 0.5) is 11.4 Å². The fraction of sp³-hybridized carbons (Fsp3) is 0.286. The van der Waals surface area contributed by atoms with Crippen LogP contribution in [0.3, 0.4) is 0 Å². The number of aryl methyl sites for hydroxylation is 1. The van der Waals surface area contributed by atoms with Gasteiger partial charge in [0.15, 0.2) is 0 Å². The number of thiophene rings is 1. The highest BCUT2D eigenvalue weighted by atomic mass is 32.2. The van der Waals surface area contributed by atoms with Gasteiger partial charge in [-0.15, -0.1) is 11.3 Å². The van der Waals surface area contributed by atoms with Crippen LogP contribution in [0.25, 0.3) is 0 Å². The summed E-state index contributed by atoms with van der Waals surface area (Å²) in [5, 5.41) is 9.10. The molecule has 1 heterocycles. The Balaban J connectivity index is 2.26. The molecule has 0 saturated carbocycles. The first-order valence-corrected chi connectivity index (χ1v) is 8.64. The van der Waals surface area contributed by atoms with E-state index in [1.165, 1.54) is 17.4 Å². The van der Waals surface area contributed by atoms with E-state index in [1.54, 1.807) is 19.1 Å². The van der Waals surface area contributed by atoms with Crippen LogP contribution in [0.2, 0.25) is 0 Å². The summed E-state index contributed by atoms with van der Waals surface area (Å²) in [7, 11) is 0.211. The van der Waals surface area contributed by atoms with Crippen molar-refractivity contribution in [3.63, 3.8) is 0 Å². The minimum atomic E-state index is -3.63. The van der Waals surface area contributed by atoms with Crippen LogP contribution in [0, 0.1) is 6.92 Å². The van der Waals surface area contributed by atoms with Gasteiger partial charge >= 0.3 is 0 Å². The van der Waals surface area contributed by atoms with E-state index in [9.17, 15) is 8.42 Å². The zero-order valence-electron chi connectivity index (χ0n) is 12.1. The molecular formula is C14H18N2O3S2. The van der Waals surface area contributed by atoms with Crippen LogP contribution in [-0.2, 0) is 16.6 Å². The first kappa shape index (κ1) is 15.8. The molecule has 0 atom stereocenters. The smallest absolute Gasteiger partial charge is 0.263 e. The number of nitrogens with one attached hydrogen (secondary N) is 1. The average molecular weight is 326 g/mol. The van der Waals surface area contributed by atoms with Crippen LogP contribution in [0.15, 0.2) is 35.2 Å². The number of hydrogen-bond donors (Lipinski definition) is 2. The van der Waals surface area contributed by atoms with Gasteiger partial charge in [-0.05, 0) is 37.3 Å². The first-order valence-electron chi connectivity index (χ1n) is 6.34. The van der Waals surface area contributed by atoms with Gasteiger partial charge in [0.25, 0.3) is 10.0 Å². The summed E-state index contributed by atoms with van der Waals surface area (Å²) in [5.74, 6) is 0. The molecule has 0 aliphatic carbocycles. The van der Waals surface area contributed by atoms with Crippen LogP contribution < -0.4 is 9.62 Å². The van der Waals surface area contributed by atoms with Crippen molar-refractivity contribution < 1.29 is 13.5 Å². The number of anilines is 2. The maximum atomic E-state index is 12.4. The van der Waals surface area contributed by atoms with E-state index in [2.05, 4.69) is 4.72 Å². The number of benzene rings is 1. The lowest BCUT2D eigenvalue weighted by atomic mass is 10.3. The summed E-state index contributed by atoms with van der Waals surface area (Å²) in [6.45, 7) is 1.58. The van der Waals surface area contributed by atoms with Crippen molar-refractivity contribution in [2.45, 2.75) is 18.4 Å². The second kappa shape index (κ2) is 6.05. The van der Waals surface area contributed by atoms with Crippen molar-refractivity contribution in [2.75, 3.05) is 23.7 Å². The van der Waals surface area contributed by atoms with E-state index in [1.807, 2.05) is 31.1 Å². The van der Waals surface area contributed by atoms with Gasteiger partial charge in [0, 0.05) is 35.2 Å². The molecule has 1 aromatic carbocycles. The monoisotopic (exact) mass is 326 g/mol. The fourth-order valence-corrected chi connectivity index (χ4v) is 4.46. The molecule has 0 spiro atoms. The molecule has 114 valence electrons. The number of rotatable bonds is 5. The molecular weight excluding hydrogens is 308 g/mol. The van der Waals surface area contributed by atoms with E-state index in [0.717, 1.165) is 5.69 Å². The Morgan fingerprint density at radius 2 is 1.86 bits per heavy atom. The van der Waals surface area contributed by atoms with Gasteiger partial charge in [-0.2, -0.15) is 0 Å². The van der Waals surface area contributed by atoms with Crippen LogP contribution in [0.1, 0.15) is 9.75 Å². The molecule has 2 rings (SSSR count). The van der Waals surface area contributed by atoms with Crippen molar-refractivity contribution in [3.05, 3.63) is 40.1 Å². The predicted octanol–water partition coefficient (Wildman–Crippen LogP) is 2.42. The van der Waals surface area contributed by atoms with Crippen molar-refractivity contribution in [3.8, 4) is 0 Å². The Labute approximate surface area is 128 Å². The third-order valence-corrected chi connectivity index (χ3v) is 5.68. The van der Waals surface area contributed by atoms with Crippen molar-refractivity contribution in [1.29, 1.82) is 0 Å². The lowest BCUT2D eigenvalue weighted by Crippen LogP contribution is -2.13. The highest BCUT2D eigenvalue weighted by molar-refractivity contribution is 7.93. The molecule has 0 amide bonds. The summed E-state index contributed by atoms with van der Waals surface area (Å²) < 4.78 is 27.3. The highest BCUT2D eigenvalue weighted by Gasteiger charge is 2.19. The van der Waals surface area contributed by atoms with Gasteiger partial charge < -0.3 is 10.0 Å². The van der Waals surface area contributed by atoms with E-state index < -0.39 is 10.0 Å². The molecule has 0 fully saturated rings. The number of sulfonamides is 1. The standard InChI is InChI=1S/C14H18N2O3S2/c1-10-14(8-13(9-17)20-10)21(18,19)15-11-4-6-12(7-5-11)16(2)3/h4-8,15,17H,9H2,1-3H3. The SMILES string of the molecule is Cc1sc(CO)cc1S(=O)(=O)Nc1ccc(N(C)C)cc1. The largest absolute Gasteiger partial charge is 0.391 e. The first-order chi connectivity index (χ1) is 9.83. The lowest BCUT2D eigenvalue weighted by Gasteiger charge is -2.13. The highest BCUT2D eigenvalue weighted by Crippen LogP contribution is 2.27. The Hall–Kier alpha value is -1.57. The normalized spacial score (nSPS) is 11.4. The molecule has 21 heavy (non-hydrogen) atoms. The quantitative estimate of drug-likeness (QED) is 0.885. The minimum Gasteiger partial charge on any atom is -0.391 e. The molecule has 0 saturated heterocycles. The van der Waals surface area contributed by atoms with Gasteiger partial charge in [-0.1, -0.05) is 0 Å². The number of hydrogen-bond acceptors (Lipinski definition) is 5. The van der Waals surface area contributed by atoms with Crippen LogP contribution in [0.5, 0.6) is 0 Å². The Kier molecular flexibility index (Phi) is 4.55. The molecule has 0 unspecified atom stereocenters. The second-order valence-corrected chi connectivity index (χ2v) is 7.83. The van der Waals surface area contributed by atoms with Gasteiger partial charge in [-0.3, -0.25) is 4.72 Å². The number of aliphatic hydroxyl groups is 1. The molecule has 0 aliphatic rings. The molecule has 0 radical (unpaired) electrons. The fourth-order valence-electron chi connectivity index (χ4n) is 1.91. The Morgan fingerprint density at radius 1 is 1.24 bits per heavy atom. The average Bonchev–Trinajstić information content (AvgIpc) is 2.81. The second-order valence-electron chi connectivity index (χ2n) is 4.84. The maximum absolute atomic E-state index is 12.4. The van der Waals surface area contributed by atoms with Gasteiger partial charge in [-0.25, -0.2) is 8.42 Å². The molecule has 1 aromatic heterocycles. The van der Waals surface area contributed by atoms with E-state index in [4.69, 9.17) is 5.11 Å². The zero-order valence-corrected chi connectivity index (χ0v) is 13.8. The summed E-state index contributed by atoms with van der Waals surface area (Å²) in [6, 6.07) is 8.65. The van der Waals surface area contributed by atoms with Gasteiger partial charge in [0.05, 0.1) is 6.61 Å². The third-order valence-electron chi connectivity index (χ3n) is 3.00. The van der Waals surface area contributed by atoms with Crippen molar-refractivity contribution in [2.24, 2.45) is 0 Å². The molecule has 0 bridgehead atoms. The Morgan fingerprint density at radius 3 is 2.33 bits per heavy atom. The van der Waals surface area contributed by atoms with Crippen molar-refractivity contribution >= 4 is 32.7 Å². The van der Waals surface area contributed by atoms with Gasteiger partial charge in [0.1, 0.15) is 4.90 Å². The third kappa shape index (κ3) is 3.55. The minimum absolute atomic E-state index is 0.154. The molecule has 2 N–H and O–H groups in total. The molecule has 2 aromatic rings. The molecule has 7 heteroatoms. The van der Waals surface area contributed by atoms with E-state index >= 15 is 0 Å².